The van der Waals surface area contributed by atoms with Crippen molar-refractivity contribution in [3.8, 4) is 0 Å². The number of ether oxygens (including phenoxy) is 3. The number of nitrogens with one attached hydrogen (secondary N) is 3. The fourth-order valence-electron chi connectivity index (χ4n) is 3.71. The molecule has 1 atom stereocenters. The van der Waals surface area contributed by atoms with Crippen molar-refractivity contribution in [1.82, 2.24) is 20.9 Å². The van der Waals surface area contributed by atoms with Crippen molar-refractivity contribution in [2.75, 3.05) is 13.1 Å². The minimum Gasteiger partial charge on any atom is -0.444 e. The van der Waals surface area contributed by atoms with E-state index in [0.29, 0.717) is 11.1 Å². The quantitative estimate of drug-likeness (QED) is 0.118. The summed E-state index contributed by atoms with van der Waals surface area (Å²) in [6.07, 6.45) is -2.67. The Morgan fingerprint density at radius 2 is 1.30 bits per heavy atom. The normalized spacial score (nSPS) is 13.3. The van der Waals surface area contributed by atoms with Crippen molar-refractivity contribution < 1.29 is 43.2 Å². The van der Waals surface area contributed by atoms with Crippen LogP contribution in [-0.4, -0.2) is 75.7 Å². The van der Waals surface area contributed by atoms with Crippen LogP contribution in [0.25, 0.3) is 0 Å². The zero-order valence-corrected chi connectivity index (χ0v) is 25.4. The summed E-state index contributed by atoms with van der Waals surface area (Å²) in [6, 6.07) is 9.01. The third-order valence-electron chi connectivity index (χ3n) is 6.06. The molecule has 1 fully saturated rings. The number of benzene rings is 2. The Labute approximate surface area is 262 Å². The number of hydrogen-bond donors (Lipinski definition) is 3. The fraction of sp³-hybridized carbons (Fsp3) is 0.393. The average molecular weight is 644 g/mol. The van der Waals surface area contributed by atoms with Gasteiger partial charge in [0.2, 0.25) is 11.9 Å². The van der Waals surface area contributed by atoms with Crippen LogP contribution in [0.1, 0.15) is 38.8 Å². The molecule has 0 saturated carbocycles. The highest BCUT2D eigenvalue weighted by atomic mass is 16.6. The van der Waals surface area contributed by atoms with Crippen molar-refractivity contribution >= 4 is 41.5 Å². The molecule has 1 aliphatic rings. The summed E-state index contributed by atoms with van der Waals surface area (Å²) in [7, 11) is 0. The number of likely N-dealkylation sites (tertiary alicyclic amines) is 1. The van der Waals surface area contributed by atoms with Crippen molar-refractivity contribution in [3.63, 3.8) is 0 Å². The molecule has 2 aromatic carbocycles. The minimum absolute atomic E-state index is 0.147. The fourth-order valence-corrected chi connectivity index (χ4v) is 3.71. The molecule has 18 nitrogen and oxygen atoms in total. The molecule has 0 unspecified atom stereocenters. The van der Waals surface area contributed by atoms with Gasteiger partial charge in [0.25, 0.3) is 11.4 Å². The number of nitro benzene ring substituents is 2. The van der Waals surface area contributed by atoms with Gasteiger partial charge in [-0.05, 0) is 63.1 Å². The molecule has 0 bridgehead atoms. The van der Waals surface area contributed by atoms with Gasteiger partial charge < -0.3 is 24.4 Å². The lowest BCUT2D eigenvalue weighted by atomic mass is 10.1. The molecule has 18 heteroatoms. The summed E-state index contributed by atoms with van der Waals surface area (Å²) in [6.45, 7) is 6.46. The summed E-state index contributed by atoms with van der Waals surface area (Å²) in [5.74, 6) is -1.07. The number of carbonyl (C=O) groups is 4. The average Bonchev–Trinajstić information content (AvgIpc) is 2.95. The predicted molar refractivity (Wildman–Crippen MR) is 159 cm³/mol. The standard InChI is InChI=1S/C28H33N7O11/c1-17(23(36)30-20-13-33(14-20)27(39)46-28(2,3)4)29-24(31-25(37)44-15-18-5-9-21(10-6-18)34(40)41)32-26(38)45-16-19-7-11-22(12-8-19)35(42)43/h5-12,17,20H,13-16H2,1-4H3,(H,30,36)(H2,29,31,32,37,38)/t17-/m0/s1. The second kappa shape index (κ2) is 15.3. The topological polar surface area (TPSA) is 234 Å². The van der Waals surface area contributed by atoms with Crippen LogP contribution in [-0.2, 0) is 32.2 Å². The Kier molecular flexibility index (Phi) is 11.5. The van der Waals surface area contributed by atoms with Gasteiger partial charge in [-0.25, -0.2) is 19.4 Å². The van der Waals surface area contributed by atoms with E-state index in [-0.39, 0.29) is 43.7 Å². The molecule has 0 spiro atoms. The maximum absolute atomic E-state index is 12.8. The smallest absolute Gasteiger partial charge is 0.414 e. The minimum atomic E-state index is -1.14. The number of amides is 4. The number of nitrogens with zero attached hydrogens (tertiary/aromatic N) is 4. The Morgan fingerprint density at radius 3 is 1.70 bits per heavy atom. The van der Waals surface area contributed by atoms with Gasteiger partial charge in [-0.3, -0.25) is 35.7 Å². The van der Waals surface area contributed by atoms with Crippen molar-refractivity contribution in [3.05, 3.63) is 79.9 Å². The Morgan fingerprint density at radius 1 is 0.870 bits per heavy atom. The summed E-state index contributed by atoms with van der Waals surface area (Å²) < 4.78 is 15.5. The summed E-state index contributed by atoms with van der Waals surface area (Å²) in [5, 5.41) is 28.8. The van der Waals surface area contributed by atoms with Gasteiger partial charge in [-0.15, -0.1) is 0 Å². The number of guanidine groups is 1. The predicted octanol–water partition coefficient (Wildman–Crippen LogP) is 3.14. The lowest BCUT2D eigenvalue weighted by Crippen LogP contribution is -2.62. The van der Waals surface area contributed by atoms with Gasteiger partial charge in [0.1, 0.15) is 24.9 Å². The number of rotatable bonds is 9. The molecule has 0 radical (unpaired) electrons. The van der Waals surface area contributed by atoms with E-state index in [2.05, 4.69) is 20.9 Å². The molecular weight excluding hydrogens is 610 g/mol. The number of nitro groups is 2. The zero-order valence-electron chi connectivity index (χ0n) is 25.4. The van der Waals surface area contributed by atoms with Gasteiger partial charge in [0, 0.05) is 37.4 Å². The Hall–Kier alpha value is -5.81. The van der Waals surface area contributed by atoms with Gasteiger partial charge in [0.05, 0.1) is 15.9 Å². The van der Waals surface area contributed by atoms with Crippen LogP contribution in [0.2, 0.25) is 0 Å². The first-order valence-corrected chi connectivity index (χ1v) is 13.8. The van der Waals surface area contributed by atoms with E-state index in [4.69, 9.17) is 14.2 Å². The second-order valence-corrected chi connectivity index (χ2v) is 11.0. The first-order valence-electron chi connectivity index (χ1n) is 13.8. The van der Waals surface area contributed by atoms with Crippen molar-refractivity contribution in [2.24, 2.45) is 4.99 Å². The summed E-state index contributed by atoms with van der Waals surface area (Å²) in [4.78, 5) is 76.0. The SMILES string of the molecule is C[C@H](N=C(NC(=O)OCc1ccc([N+](=O)[O-])cc1)NC(=O)OCc1ccc([N+](=O)[O-])cc1)C(=O)NC1CN(C(=O)OC(C)(C)C)C1. The van der Waals surface area contributed by atoms with Gasteiger partial charge in [-0.2, -0.15) is 0 Å². The first kappa shape index (κ1) is 34.7. The molecule has 1 heterocycles. The molecule has 4 amide bonds. The Balaban J connectivity index is 1.61. The highest BCUT2D eigenvalue weighted by Crippen LogP contribution is 2.16. The van der Waals surface area contributed by atoms with Gasteiger partial charge >= 0.3 is 18.3 Å². The molecule has 246 valence electrons. The van der Waals surface area contributed by atoms with Crippen molar-refractivity contribution in [2.45, 2.75) is 58.6 Å². The van der Waals surface area contributed by atoms with E-state index in [1.165, 1.54) is 60.4 Å². The van der Waals surface area contributed by atoms with E-state index in [0.717, 1.165) is 0 Å². The van der Waals surface area contributed by atoms with Crippen LogP contribution in [0.15, 0.2) is 53.5 Å². The molecule has 1 aliphatic heterocycles. The van der Waals surface area contributed by atoms with E-state index in [1.807, 2.05) is 0 Å². The van der Waals surface area contributed by atoms with Crippen LogP contribution in [0.4, 0.5) is 25.8 Å². The van der Waals surface area contributed by atoms with Crippen LogP contribution < -0.4 is 16.0 Å². The molecule has 46 heavy (non-hydrogen) atoms. The number of carbonyl (C=O) groups excluding carboxylic acids is 4. The third kappa shape index (κ3) is 11.0. The summed E-state index contributed by atoms with van der Waals surface area (Å²) in [5.41, 5.74) is -0.0971. The third-order valence-corrected chi connectivity index (χ3v) is 6.06. The first-order chi connectivity index (χ1) is 21.6. The molecule has 3 N–H and O–H groups in total. The molecule has 3 rings (SSSR count). The van der Waals surface area contributed by atoms with Crippen LogP contribution in [0, 0.1) is 20.2 Å². The van der Waals surface area contributed by atoms with E-state index in [9.17, 15) is 39.4 Å². The van der Waals surface area contributed by atoms with Crippen molar-refractivity contribution in [1.29, 1.82) is 0 Å². The van der Waals surface area contributed by atoms with Crippen LogP contribution in [0.3, 0.4) is 0 Å². The highest BCUT2D eigenvalue weighted by molar-refractivity contribution is 6.02. The maximum Gasteiger partial charge on any atom is 0.414 e. The zero-order chi connectivity index (χ0) is 34.0. The molecule has 2 aromatic rings. The molecule has 1 saturated heterocycles. The lowest BCUT2D eigenvalue weighted by Gasteiger charge is -2.40. The van der Waals surface area contributed by atoms with E-state index < -0.39 is 51.6 Å². The maximum atomic E-state index is 12.8. The monoisotopic (exact) mass is 643 g/mol. The number of aliphatic imine (C=N–C) groups is 1. The van der Waals surface area contributed by atoms with Gasteiger partial charge in [-0.1, -0.05) is 0 Å². The molecule has 0 aromatic heterocycles. The number of non-ortho nitro benzene ring substituents is 2. The van der Waals surface area contributed by atoms with E-state index in [1.54, 1.807) is 20.8 Å². The molecule has 0 aliphatic carbocycles. The van der Waals surface area contributed by atoms with Gasteiger partial charge in [0.15, 0.2) is 0 Å². The number of hydrogen-bond acceptors (Lipinski definition) is 12. The highest BCUT2D eigenvalue weighted by Gasteiger charge is 2.35. The lowest BCUT2D eigenvalue weighted by molar-refractivity contribution is -0.385. The molecular formula is C28H33N7O11. The largest absolute Gasteiger partial charge is 0.444 e. The summed E-state index contributed by atoms with van der Waals surface area (Å²) >= 11 is 0. The second-order valence-electron chi connectivity index (χ2n) is 11.0. The van der Waals surface area contributed by atoms with Crippen LogP contribution >= 0.6 is 0 Å². The number of alkyl carbamates (subject to hydrolysis) is 2. The van der Waals surface area contributed by atoms with Crippen LogP contribution in [0.5, 0.6) is 0 Å². The van der Waals surface area contributed by atoms with E-state index >= 15 is 0 Å². The Bertz CT molecular complexity index is 1410.